The van der Waals surface area contributed by atoms with Crippen LogP contribution < -0.4 is 5.32 Å². The minimum atomic E-state index is -0.302. The van der Waals surface area contributed by atoms with Crippen molar-refractivity contribution < 1.29 is 9.18 Å². The summed E-state index contributed by atoms with van der Waals surface area (Å²) in [7, 11) is 0. The van der Waals surface area contributed by atoms with Gasteiger partial charge in [0, 0.05) is 20.7 Å². The Labute approximate surface area is 225 Å². The van der Waals surface area contributed by atoms with Gasteiger partial charge in [-0.2, -0.15) is 0 Å². The monoisotopic (exact) mass is 587 g/mol. The normalized spacial score (nSPS) is 18.2. The summed E-state index contributed by atoms with van der Waals surface area (Å²) in [6.07, 6.45) is 4.20. The summed E-state index contributed by atoms with van der Waals surface area (Å²) in [6.45, 7) is 1.99. The van der Waals surface area contributed by atoms with Crippen molar-refractivity contribution in [3.05, 3.63) is 116 Å². The van der Waals surface area contributed by atoms with Crippen LogP contribution in [0.3, 0.4) is 0 Å². The number of halogens is 2. The summed E-state index contributed by atoms with van der Waals surface area (Å²) in [5.74, 6) is 0.00665. The molecule has 0 radical (unpaired) electrons. The number of fused-ring (bicyclic) bond motifs is 5. The van der Waals surface area contributed by atoms with Gasteiger partial charge in [-0.15, -0.1) is 0 Å². The van der Waals surface area contributed by atoms with Gasteiger partial charge in [-0.25, -0.2) is 4.39 Å². The van der Waals surface area contributed by atoms with Crippen molar-refractivity contribution in [2.45, 2.75) is 44.4 Å². The minimum Gasteiger partial charge on any atom is -0.353 e. The highest BCUT2D eigenvalue weighted by Crippen LogP contribution is 2.48. The van der Waals surface area contributed by atoms with E-state index >= 15 is 0 Å². The molecule has 0 aromatic heterocycles. The first-order chi connectivity index (χ1) is 17.5. The van der Waals surface area contributed by atoms with E-state index in [4.69, 9.17) is 0 Å². The molecule has 0 spiro atoms. The predicted octanol–water partition coefficient (Wildman–Crippen LogP) is 8.80. The van der Waals surface area contributed by atoms with Crippen molar-refractivity contribution in [2.75, 3.05) is 5.32 Å². The molecule has 0 fully saturated rings. The average molecular weight is 587 g/mol. The Morgan fingerprint density at radius 2 is 1.78 bits per heavy atom. The Bertz CT molecular complexity index is 1480. The third-order valence-electron chi connectivity index (χ3n) is 7.76. The Morgan fingerprint density at radius 3 is 2.58 bits per heavy atom. The molecule has 1 N–H and O–H groups in total. The number of Topliss-reactive ketones (excluding diaryl/α,β-unsaturated/α-hetero) is 1. The van der Waals surface area contributed by atoms with Crippen LogP contribution in [0.5, 0.6) is 0 Å². The molecule has 4 aromatic carbocycles. The predicted molar refractivity (Wildman–Crippen MR) is 153 cm³/mol. The van der Waals surface area contributed by atoms with E-state index in [0.29, 0.717) is 11.6 Å². The second-order valence-corrected chi connectivity index (χ2v) is 11.2. The largest absolute Gasteiger partial charge is 0.353 e. The van der Waals surface area contributed by atoms with Gasteiger partial charge in [0.2, 0.25) is 0 Å². The lowest BCUT2D eigenvalue weighted by atomic mass is 9.70. The van der Waals surface area contributed by atoms with E-state index in [1.807, 2.05) is 25.1 Å². The van der Waals surface area contributed by atoms with Crippen LogP contribution in [-0.4, -0.2) is 5.78 Å². The number of benzene rings is 4. The third kappa shape index (κ3) is 4.05. The van der Waals surface area contributed by atoms with Gasteiger partial charge < -0.3 is 5.32 Å². The van der Waals surface area contributed by atoms with Gasteiger partial charge in [0.25, 0.3) is 0 Å². The van der Waals surface area contributed by atoms with Gasteiger partial charge in [-0.1, -0.05) is 61.5 Å². The maximum absolute atomic E-state index is 14.6. The Hall–Kier alpha value is -2.99. The maximum atomic E-state index is 14.6. The molecule has 0 saturated heterocycles. The number of carbonyl (C=O) groups is 1. The van der Waals surface area contributed by atoms with E-state index < -0.39 is 0 Å². The smallest absolute Gasteiger partial charge is 0.171 e. The molecule has 180 valence electrons. The topological polar surface area (TPSA) is 29.1 Å². The molecule has 36 heavy (non-hydrogen) atoms. The number of anilines is 2. The number of nitrogens with one attached hydrogen (secondary N) is 1. The molecule has 4 heteroatoms. The van der Waals surface area contributed by atoms with Gasteiger partial charge in [-0.05, 0) is 112 Å². The van der Waals surface area contributed by atoms with E-state index in [-0.39, 0.29) is 17.5 Å². The Morgan fingerprint density at radius 1 is 0.944 bits per heavy atom. The first-order valence-electron chi connectivity index (χ1n) is 12.6. The van der Waals surface area contributed by atoms with Crippen LogP contribution in [0, 0.1) is 9.39 Å². The molecule has 6 rings (SSSR count). The molecule has 0 bridgehead atoms. The van der Waals surface area contributed by atoms with Gasteiger partial charge in [-0.3, -0.25) is 4.79 Å². The lowest BCUT2D eigenvalue weighted by Crippen LogP contribution is -2.23. The summed E-state index contributed by atoms with van der Waals surface area (Å²) in [6, 6.07) is 26.2. The fraction of sp³-hybridized carbons (Fsp3) is 0.219. The van der Waals surface area contributed by atoms with Crippen molar-refractivity contribution in [3.63, 3.8) is 0 Å². The zero-order chi connectivity index (χ0) is 24.8. The Balaban J connectivity index is 1.43. The fourth-order valence-electron chi connectivity index (χ4n) is 6.07. The van der Waals surface area contributed by atoms with Gasteiger partial charge in [0.05, 0.1) is 5.69 Å². The van der Waals surface area contributed by atoms with Gasteiger partial charge in [0.15, 0.2) is 5.78 Å². The van der Waals surface area contributed by atoms with Crippen LogP contribution in [0.25, 0.3) is 11.1 Å². The summed E-state index contributed by atoms with van der Waals surface area (Å²) >= 11 is 2.11. The number of ketones is 1. The summed E-state index contributed by atoms with van der Waals surface area (Å²) in [5.41, 5.74) is 9.07. The third-order valence-corrected chi connectivity index (χ3v) is 8.43. The van der Waals surface area contributed by atoms with E-state index in [1.165, 1.54) is 22.8 Å². The summed E-state index contributed by atoms with van der Waals surface area (Å²) < 4.78 is 15.5. The first kappa shape index (κ1) is 23.4. The van der Waals surface area contributed by atoms with Crippen LogP contribution >= 0.6 is 22.6 Å². The highest BCUT2D eigenvalue weighted by molar-refractivity contribution is 14.1. The number of rotatable bonds is 4. The lowest BCUT2D eigenvalue weighted by molar-refractivity contribution is 0.0963. The second-order valence-electron chi connectivity index (χ2n) is 9.94. The summed E-state index contributed by atoms with van der Waals surface area (Å²) in [4.78, 5) is 13.9. The first-order valence-corrected chi connectivity index (χ1v) is 13.7. The van der Waals surface area contributed by atoms with Crippen molar-refractivity contribution in [1.82, 2.24) is 0 Å². The zero-order valence-electron chi connectivity index (χ0n) is 20.2. The fourth-order valence-corrected chi connectivity index (χ4v) is 6.53. The molecule has 2 aliphatic carbocycles. The number of hydrogen-bond acceptors (Lipinski definition) is 2. The molecule has 0 aliphatic heterocycles. The zero-order valence-corrected chi connectivity index (χ0v) is 22.3. The van der Waals surface area contributed by atoms with Crippen molar-refractivity contribution >= 4 is 39.7 Å². The molecule has 2 aliphatic rings. The van der Waals surface area contributed by atoms with Gasteiger partial charge in [0.1, 0.15) is 5.82 Å². The Kier molecular flexibility index (Phi) is 6.16. The molecular weight excluding hydrogens is 560 g/mol. The van der Waals surface area contributed by atoms with Crippen molar-refractivity contribution in [3.8, 4) is 11.1 Å². The molecule has 0 amide bonds. The molecular formula is C32H27FINO. The highest BCUT2D eigenvalue weighted by atomic mass is 127. The molecule has 2 nitrogen and oxygen atoms in total. The average Bonchev–Trinajstić information content (AvgIpc) is 2.89. The lowest BCUT2D eigenvalue weighted by Gasteiger charge is -2.33. The second kappa shape index (κ2) is 9.47. The van der Waals surface area contributed by atoms with Crippen LogP contribution in [0.1, 0.15) is 64.2 Å². The van der Waals surface area contributed by atoms with E-state index in [9.17, 15) is 9.18 Å². The summed E-state index contributed by atoms with van der Waals surface area (Å²) in [5, 5.41) is 3.28. The molecule has 0 heterocycles. The quantitative estimate of drug-likeness (QED) is 0.242. The molecule has 0 saturated carbocycles. The van der Waals surface area contributed by atoms with E-state index in [0.717, 1.165) is 57.2 Å². The molecule has 4 aromatic rings. The van der Waals surface area contributed by atoms with Gasteiger partial charge >= 0.3 is 0 Å². The van der Waals surface area contributed by atoms with E-state index in [1.54, 1.807) is 6.07 Å². The molecule has 2 unspecified atom stereocenters. The van der Waals surface area contributed by atoms with Crippen LogP contribution in [0.4, 0.5) is 15.8 Å². The highest BCUT2D eigenvalue weighted by Gasteiger charge is 2.35. The number of carbonyl (C=O) groups excluding carboxylic acids is 1. The van der Waals surface area contributed by atoms with Crippen molar-refractivity contribution in [2.24, 2.45) is 0 Å². The minimum absolute atomic E-state index is 0.173. The standard InChI is InChI=1S/C32H27FINO/c1-19-30-25(11-6-12-29(30)35-28-16-13-22(34)18-27(28)33)26-15-14-23-21(17-20-7-3-2-4-8-20)9-5-10-24(23)31(26)32(19)36/h2-4,6-8,11-16,18-19,21,35H,5,9-10,17H2,1H3. The SMILES string of the molecule is CC1C(=O)c2c(ccc3c2CCCC3Cc2ccccc2)-c2cccc(Nc3ccc(I)cc3F)c21. The maximum Gasteiger partial charge on any atom is 0.171 e. The van der Waals surface area contributed by atoms with Crippen LogP contribution in [0.15, 0.2) is 78.9 Å². The van der Waals surface area contributed by atoms with Crippen LogP contribution in [-0.2, 0) is 12.8 Å². The number of hydrogen-bond donors (Lipinski definition) is 1. The molecule has 2 atom stereocenters. The van der Waals surface area contributed by atoms with Crippen LogP contribution in [0.2, 0.25) is 0 Å². The van der Waals surface area contributed by atoms with E-state index in [2.05, 4.69) is 76.4 Å². The van der Waals surface area contributed by atoms with Crippen molar-refractivity contribution in [1.29, 1.82) is 0 Å².